The lowest BCUT2D eigenvalue weighted by Gasteiger charge is -2.19. The monoisotopic (exact) mass is 302 g/mol. The Bertz CT molecular complexity index is 708. The second-order valence-corrected chi connectivity index (χ2v) is 6.52. The van der Waals surface area contributed by atoms with Crippen LogP contribution in [0.3, 0.4) is 0 Å². The number of aromatic nitrogens is 1. The number of fused-ring (bicyclic) bond motifs is 1. The normalized spacial score (nSPS) is 11.5. The highest BCUT2D eigenvalue weighted by molar-refractivity contribution is 5.92. The van der Waals surface area contributed by atoms with E-state index < -0.39 is 5.60 Å². The molecule has 1 amide bonds. The lowest BCUT2D eigenvalue weighted by Crippen LogP contribution is -2.26. The summed E-state index contributed by atoms with van der Waals surface area (Å²) in [4.78, 5) is 25.6. The summed E-state index contributed by atoms with van der Waals surface area (Å²) in [5.74, 6) is -0.274. The van der Waals surface area contributed by atoms with Crippen molar-refractivity contribution in [2.24, 2.45) is 0 Å². The van der Waals surface area contributed by atoms with Crippen molar-refractivity contribution in [1.82, 2.24) is 9.47 Å². The Kier molecular flexibility index (Phi) is 4.26. The van der Waals surface area contributed by atoms with E-state index in [4.69, 9.17) is 4.74 Å². The van der Waals surface area contributed by atoms with Gasteiger partial charge in [0.2, 0.25) is 0 Å². The molecule has 1 aromatic carbocycles. The standard InChI is InChI=1S/C17H22N2O3/c1-17(2,3)22-15(20)11-12-6-7-13-8-9-19(14(13)10-12)16(21)18(4)5/h6-10H,11H2,1-5H3. The zero-order valence-corrected chi connectivity index (χ0v) is 13.7. The molecule has 0 saturated carbocycles. The summed E-state index contributed by atoms with van der Waals surface area (Å²) in [6, 6.07) is 7.42. The van der Waals surface area contributed by atoms with Gasteiger partial charge < -0.3 is 9.64 Å². The average molecular weight is 302 g/mol. The summed E-state index contributed by atoms with van der Waals surface area (Å²) >= 11 is 0. The van der Waals surface area contributed by atoms with Gasteiger partial charge in [-0.25, -0.2) is 4.79 Å². The number of carbonyl (C=O) groups is 2. The molecule has 0 spiro atoms. The maximum Gasteiger partial charge on any atom is 0.328 e. The molecule has 1 heterocycles. The number of amides is 1. The van der Waals surface area contributed by atoms with Crippen LogP contribution in [0.25, 0.3) is 10.9 Å². The molecule has 0 atom stereocenters. The molecule has 0 saturated heterocycles. The van der Waals surface area contributed by atoms with Gasteiger partial charge in [0, 0.05) is 25.7 Å². The van der Waals surface area contributed by atoms with Crippen molar-refractivity contribution >= 4 is 22.9 Å². The van der Waals surface area contributed by atoms with E-state index >= 15 is 0 Å². The van der Waals surface area contributed by atoms with Gasteiger partial charge >= 0.3 is 12.0 Å². The molecule has 0 bridgehead atoms. The van der Waals surface area contributed by atoms with Crippen LogP contribution in [0.15, 0.2) is 30.5 Å². The van der Waals surface area contributed by atoms with Gasteiger partial charge in [0.25, 0.3) is 0 Å². The highest BCUT2D eigenvalue weighted by atomic mass is 16.6. The zero-order chi connectivity index (χ0) is 16.5. The second kappa shape index (κ2) is 5.83. The fourth-order valence-electron chi connectivity index (χ4n) is 2.21. The maximum absolute atomic E-state index is 12.1. The van der Waals surface area contributed by atoms with Gasteiger partial charge in [0.15, 0.2) is 0 Å². The fraction of sp³-hybridized carbons (Fsp3) is 0.412. The molecule has 22 heavy (non-hydrogen) atoms. The van der Waals surface area contributed by atoms with Crippen molar-refractivity contribution < 1.29 is 14.3 Å². The van der Waals surface area contributed by atoms with Gasteiger partial charge in [-0.3, -0.25) is 9.36 Å². The van der Waals surface area contributed by atoms with Gasteiger partial charge in [-0.1, -0.05) is 12.1 Å². The zero-order valence-electron chi connectivity index (χ0n) is 13.7. The van der Waals surface area contributed by atoms with Gasteiger partial charge in [-0.2, -0.15) is 0 Å². The molecule has 0 unspecified atom stereocenters. The van der Waals surface area contributed by atoms with E-state index in [9.17, 15) is 9.59 Å². The number of rotatable bonds is 2. The quantitative estimate of drug-likeness (QED) is 0.801. The van der Waals surface area contributed by atoms with Crippen LogP contribution >= 0.6 is 0 Å². The molecule has 5 heteroatoms. The Balaban J connectivity index is 2.28. The molecule has 0 radical (unpaired) electrons. The molecule has 0 fully saturated rings. The molecular weight excluding hydrogens is 280 g/mol. The van der Waals surface area contributed by atoms with Crippen LogP contribution in [0.4, 0.5) is 4.79 Å². The maximum atomic E-state index is 12.1. The minimum atomic E-state index is -0.498. The van der Waals surface area contributed by atoms with E-state index in [1.54, 1.807) is 24.9 Å². The highest BCUT2D eigenvalue weighted by Gasteiger charge is 2.17. The Hall–Kier alpha value is -2.30. The molecular formula is C17H22N2O3. The predicted octanol–water partition coefficient (Wildman–Crippen LogP) is 3.06. The SMILES string of the molecule is CN(C)C(=O)n1ccc2ccc(CC(=O)OC(C)(C)C)cc21. The summed E-state index contributed by atoms with van der Waals surface area (Å²) in [6.07, 6.45) is 1.93. The molecule has 2 rings (SSSR count). The summed E-state index contributed by atoms with van der Waals surface area (Å²) in [5.41, 5.74) is 1.12. The Labute approximate surface area is 130 Å². The van der Waals surface area contributed by atoms with Crippen LogP contribution in [-0.2, 0) is 16.0 Å². The number of ether oxygens (including phenoxy) is 1. The van der Waals surface area contributed by atoms with Gasteiger partial charge in [-0.15, -0.1) is 0 Å². The summed E-state index contributed by atoms with van der Waals surface area (Å²) in [7, 11) is 3.41. The number of esters is 1. The largest absolute Gasteiger partial charge is 0.460 e. The molecule has 0 aliphatic carbocycles. The number of hydrogen-bond donors (Lipinski definition) is 0. The number of hydrogen-bond acceptors (Lipinski definition) is 3. The van der Waals surface area contributed by atoms with Crippen LogP contribution in [-0.4, -0.2) is 41.2 Å². The van der Waals surface area contributed by atoms with Crippen molar-refractivity contribution in [3.63, 3.8) is 0 Å². The van der Waals surface area contributed by atoms with Gasteiger partial charge in [0.1, 0.15) is 5.60 Å². The minimum absolute atomic E-state index is 0.121. The van der Waals surface area contributed by atoms with Crippen LogP contribution in [0.1, 0.15) is 26.3 Å². The van der Waals surface area contributed by atoms with Crippen molar-refractivity contribution in [3.8, 4) is 0 Å². The molecule has 118 valence electrons. The van der Waals surface area contributed by atoms with Crippen LogP contribution in [0, 0.1) is 0 Å². The number of carbonyl (C=O) groups excluding carboxylic acids is 2. The van der Waals surface area contributed by atoms with Gasteiger partial charge in [0.05, 0.1) is 11.9 Å². The van der Waals surface area contributed by atoms with E-state index in [-0.39, 0.29) is 18.4 Å². The third-order valence-corrected chi connectivity index (χ3v) is 3.11. The topological polar surface area (TPSA) is 51.5 Å². The van der Waals surface area contributed by atoms with Crippen LogP contribution < -0.4 is 0 Å². The van der Waals surface area contributed by atoms with E-state index in [0.29, 0.717) is 0 Å². The molecule has 0 N–H and O–H groups in total. The van der Waals surface area contributed by atoms with E-state index in [1.807, 2.05) is 45.0 Å². The first-order valence-electron chi connectivity index (χ1n) is 7.21. The first kappa shape index (κ1) is 16.1. The van der Waals surface area contributed by atoms with Crippen molar-refractivity contribution in [2.45, 2.75) is 32.8 Å². The average Bonchev–Trinajstić information content (AvgIpc) is 2.78. The first-order chi connectivity index (χ1) is 10.2. The van der Waals surface area contributed by atoms with Crippen LogP contribution in [0.2, 0.25) is 0 Å². The van der Waals surface area contributed by atoms with E-state index in [0.717, 1.165) is 16.5 Å². The lowest BCUT2D eigenvalue weighted by atomic mass is 10.1. The summed E-state index contributed by atoms with van der Waals surface area (Å²) in [5, 5.41) is 0.961. The van der Waals surface area contributed by atoms with E-state index in [1.165, 1.54) is 4.90 Å². The second-order valence-electron chi connectivity index (χ2n) is 6.52. The van der Waals surface area contributed by atoms with E-state index in [2.05, 4.69) is 0 Å². The predicted molar refractivity (Wildman–Crippen MR) is 86.0 cm³/mol. The molecule has 1 aromatic heterocycles. The third kappa shape index (κ3) is 3.67. The molecule has 5 nitrogen and oxygen atoms in total. The molecule has 2 aromatic rings. The molecule has 0 aliphatic heterocycles. The van der Waals surface area contributed by atoms with Gasteiger partial charge in [-0.05, 0) is 38.5 Å². The highest BCUT2D eigenvalue weighted by Crippen LogP contribution is 2.19. The first-order valence-corrected chi connectivity index (χ1v) is 7.21. The summed E-state index contributed by atoms with van der Waals surface area (Å²) < 4.78 is 6.91. The number of nitrogens with zero attached hydrogens (tertiary/aromatic N) is 2. The minimum Gasteiger partial charge on any atom is -0.460 e. The smallest absolute Gasteiger partial charge is 0.328 e. The Morgan fingerprint density at radius 1 is 1.18 bits per heavy atom. The third-order valence-electron chi connectivity index (χ3n) is 3.11. The number of benzene rings is 1. The lowest BCUT2D eigenvalue weighted by molar-refractivity contribution is -0.153. The van der Waals surface area contributed by atoms with Crippen molar-refractivity contribution in [2.75, 3.05) is 14.1 Å². The van der Waals surface area contributed by atoms with Crippen LogP contribution in [0.5, 0.6) is 0 Å². The van der Waals surface area contributed by atoms with Crippen molar-refractivity contribution in [1.29, 1.82) is 0 Å². The molecule has 0 aliphatic rings. The Morgan fingerprint density at radius 3 is 2.45 bits per heavy atom. The van der Waals surface area contributed by atoms with Crippen molar-refractivity contribution in [3.05, 3.63) is 36.0 Å². The fourth-order valence-corrected chi connectivity index (χ4v) is 2.21. The Morgan fingerprint density at radius 2 is 1.86 bits per heavy atom. The summed E-state index contributed by atoms with van der Waals surface area (Å²) in [6.45, 7) is 5.53.